The lowest BCUT2D eigenvalue weighted by atomic mass is 10.1. The minimum atomic E-state index is 0. The van der Waals surface area contributed by atoms with E-state index < -0.39 is 0 Å². The number of aliphatic imine (C=N–C) groups is 1. The fourth-order valence-corrected chi connectivity index (χ4v) is 3.91. The van der Waals surface area contributed by atoms with Gasteiger partial charge in [-0.2, -0.15) is 5.10 Å². The van der Waals surface area contributed by atoms with Crippen molar-refractivity contribution in [3.8, 4) is 11.3 Å². The van der Waals surface area contributed by atoms with E-state index in [1.54, 1.807) is 11.3 Å². The first-order valence-electron chi connectivity index (χ1n) is 9.42. The summed E-state index contributed by atoms with van der Waals surface area (Å²) in [6, 6.07) is 10.3. The Morgan fingerprint density at radius 1 is 1.28 bits per heavy atom. The van der Waals surface area contributed by atoms with Gasteiger partial charge in [-0.05, 0) is 5.92 Å². The molecule has 0 spiro atoms. The third-order valence-electron chi connectivity index (χ3n) is 4.48. The van der Waals surface area contributed by atoms with Crippen LogP contribution in [0.15, 0.2) is 46.9 Å². The Hall–Kier alpha value is -1.94. The number of guanidine groups is 1. The van der Waals surface area contributed by atoms with Gasteiger partial charge in [0.05, 0.1) is 17.9 Å². The molecule has 156 valence electrons. The molecule has 0 radical (unpaired) electrons. The Kier molecular flexibility index (Phi) is 8.63. The van der Waals surface area contributed by atoms with Gasteiger partial charge in [-0.25, -0.2) is 4.98 Å². The van der Waals surface area contributed by atoms with Gasteiger partial charge in [0, 0.05) is 50.4 Å². The van der Waals surface area contributed by atoms with Gasteiger partial charge in [0.2, 0.25) is 0 Å². The fourth-order valence-electron chi connectivity index (χ4n) is 3.17. The Labute approximate surface area is 194 Å². The second-order valence-electron chi connectivity index (χ2n) is 7.12. The molecule has 3 rings (SSSR count). The van der Waals surface area contributed by atoms with Gasteiger partial charge in [-0.3, -0.25) is 9.67 Å². The molecule has 0 saturated heterocycles. The predicted octanol–water partition coefficient (Wildman–Crippen LogP) is 4.49. The topological polar surface area (TPSA) is 58.3 Å². The van der Waals surface area contributed by atoms with Crippen LogP contribution in [0.5, 0.6) is 0 Å². The predicted molar refractivity (Wildman–Crippen MR) is 132 cm³/mol. The molecule has 3 aromatic rings. The maximum Gasteiger partial charge on any atom is 0.194 e. The van der Waals surface area contributed by atoms with E-state index in [2.05, 4.69) is 57.9 Å². The van der Waals surface area contributed by atoms with Crippen molar-refractivity contribution < 1.29 is 0 Å². The smallest absolute Gasteiger partial charge is 0.194 e. The molecule has 1 N–H and O–H groups in total. The SMILES string of the molecule is CN=C(NCc1nc(-c2ccccc2)cs1)N(C)Cc1cn(C)nc1C(C)C.I. The number of thiazole rings is 1. The van der Waals surface area contributed by atoms with Crippen molar-refractivity contribution in [2.24, 2.45) is 12.0 Å². The van der Waals surface area contributed by atoms with E-state index in [-0.39, 0.29) is 24.0 Å². The third kappa shape index (κ3) is 6.02. The van der Waals surface area contributed by atoms with Crippen molar-refractivity contribution >= 4 is 41.3 Å². The van der Waals surface area contributed by atoms with Gasteiger partial charge < -0.3 is 10.2 Å². The zero-order valence-electron chi connectivity index (χ0n) is 17.6. The molecule has 0 fully saturated rings. The lowest BCUT2D eigenvalue weighted by Crippen LogP contribution is -2.38. The molecule has 6 nitrogen and oxygen atoms in total. The normalized spacial score (nSPS) is 11.4. The highest BCUT2D eigenvalue weighted by atomic mass is 127. The van der Waals surface area contributed by atoms with Gasteiger partial charge >= 0.3 is 0 Å². The first kappa shape index (κ1) is 23.3. The molecule has 0 aliphatic heterocycles. The molecule has 0 unspecified atom stereocenters. The molecule has 1 aromatic carbocycles. The van der Waals surface area contributed by atoms with Crippen LogP contribution in [0.1, 0.15) is 36.0 Å². The average Bonchev–Trinajstić information content (AvgIpc) is 3.29. The maximum absolute atomic E-state index is 4.74. The van der Waals surface area contributed by atoms with Gasteiger partial charge in [0.15, 0.2) is 5.96 Å². The minimum Gasteiger partial charge on any atom is -0.350 e. The second-order valence-corrected chi connectivity index (χ2v) is 8.06. The van der Waals surface area contributed by atoms with Gasteiger partial charge in [0.1, 0.15) is 5.01 Å². The Morgan fingerprint density at radius 2 is 2.00 bits per heavy atom. The monoisotopic (exact) mass is 524 g/mol. The van der Waals surface area contributed by atoms with Gasteiger partial charge in [-0.1, -0.05) is 44.2 Å². The van der Waals surface area contributed by atoms with Crippen LogP contribution in [-0.4, -0.2) is 39.7 Å². The molecule has 0 amide bonds. The number of halogens is 1. The molecule has 2 heterocycles. The van der Waals surface area contributed by atoms with E-state index in [1.165, 1.54) is 5.56 Å². The summed E-state index contributed by atoms with van der Waals surface area (Å²) < 4.78 is 1.88. The summed E-state index contributed by atoms with van der Waals surface area (Å²) in [5, 5.41) is 11.2. The van der Waals surface area contributed by atoms with E-state index in [0.29, 0.717) is 12.5 Å². The Bertz CT molecular complexity index is 932. The first-order valence-corrected chi connectivity index (χ1v) is 10.3. The minimum absolute atomic E-state index is 0. The Balaban J connectivity index is 0.00000300. The molecule has 8 heteroatoms. The van der Waals surface area contributed by atoms with Crippen LogP contribution in [0.25, 0.3) is 11.3 Å². The van der Waals surface area contributed by atoms with Crippen LogP contribution >= 0.6 is 35.3 Å². The van der Waals surface area contributed by atoms with E-state index in [0.717, 1.165) is 34.5 Å². The molecule has 29 heavy (non-hydrogen) atoms. The molecule has 0 aliphatic carbocycles. The fraction of sp³-hybridized carbons (Fsp3) is 0.381. The summed E-state index contributed by atoms with van der Waals surface area (Å²) in [6.07, 6.45) is 2.09. The standard InChI is InChI=1S/C21H28N6S.HI/c1-15(2)20-17(13-27(5)25-20)12-26(4)21(22-3)23-11-19-24-18(14-28-19)16-9-7-6-8-10-16;/h6-10,13-15H,11-12H2,1-5H3,(H,22,23);1H. The van der Waals surface area contributed by atoms with E-state index >= 15 is 0 Å². The Morgan fingerprint density at radius 3 is 2.66 bits per heavy atom. The van der Waals surface area contributed by atoms with Crippen molar-refractivity contribution in [3.05, 3.63) is 58.2 Å². The van der Waals surface area contributed by atoms with Crippen LogP contribution in [0.3, 0.4) is 0 Å². The number of hydrogen-bond acceptors (Lipinski definition) is 4. The first-order chi connectivity index (χ1) is 13.5. The van der Waals surface area contributed by atoms with Crippen molar-refractivity contribution in [3.63, 3.8) is 0 Å². The molecule has 0 bridgehead atoms. The largest absolute Gasteiger partial charge is 0.350 e. The highest BCUT2D eigenvalue weighted by molar-refractivity contribution is 14.0. The average molecular weight is 524 g/mol. The number of benzene rings is 1. The molecule has 0 aliphatic rings. The summed E-state index contributed by atoms with van der Waals surface area (Å²) in [6.45, 7) is 5.75. The number of rotatable bonds is 6. The number of aryl methyl sites for hydroxylation is 1. The molecular formula is C21H29IN6S. The molecule has 0 atom stereocenters. The highest BCUT2D eigenvalue weighted by Crippen LogP contribution is 2.22. The summed E-state index contributed by atoms with van der Waals surface area (Å²) >= 11 is 1.66. The van der Waals surface area contributed by atoms with Crippen LogP contribution in [-0.2, 0) is 20.1 Å². The van der Waals surface area contributed by atoms with Crippen molar-refractivity contribution in [2.75, 3.05) is 14.1 Å². The van der Waals surface area contributed by atoms with Crippen molar-refractivity contribution in [2.45, 2.75) is 32.9 Å². The van der Waals surface area contributed by atoms with E-state index in [4.69, 9.17) is 4.98 Å². The highest BCUT2D eigenvalue weighted by Gasteiger charge is 2.15. The van der Waals surface area contributed by atoms with Gasteiger partial charge in [0.25, 0.3) is 0 Å². The number of aromatic nitrogens is 3. The lowest BCUT2D eigenvalue weighted by Gasteiger charge is -2.22. The van der Waals surface area contributed by atoms with Crippen LogP contribution in [0.4, 0.5) is 0 Å². The third-order valence-corrected chi connectivity index (χ3v) is 5.33. The number of nitrogens with zero attached hydrogens (tertiary/aromatic N) is 5. The van der Waals surface area contributed by atoms with E-state index in [1.807, 2.05) is 44.0 Å². The van der Waals surface area contributed by atoms with Crippen LogP contribution < -0.4 is 5.32 Å². The van der Waals surface area contributed by atoms with Crippen LogP contribution in [0, 0.1) is 0 Å². The van der Waals surface area contributed by atoms with Gasteiger partial charge in [-0.15, -0.1) is 35.3 Å². The van der Waals surface area contributed by atoms with Crippen molar-refractivity contribution in [1.82, 2.24) is 25.0 Å². The quantitative estimate of drug-likeness (QED) is 0.293. The molecule has 2 aromatic heterocycles. The summed E-state index contributed by atoms with van der Waals surface area (Å²) in [7, 11) is 5.82. The lowest BCUT2D eigenvalue weighted by molar-refractivity contribution is 0.473. The van der Waals surface area contributed by atoms with E-state index in [9.17, 15) is 0 Å². The maximum atomic E-state index is 4.74. The zero-order valence-corrected chi connectivity index (χ0v) is 20.7. The summed E-state index contributed by atoms with van der Waals surface area (Å²) in [4.78, 5) is 11.3. The molecular weight excluding hydrogens is 495 g/mol. The zero-order chi connectivity index (χ0) is 20.1. The number of nitrogens with one attached hydrogen (secondary N) is 1. The number of hydrogen-bond donors (Lipinski definition) is 1. The van der Waals surface area contributed by atoms with Crippen molar-refractivity contribution in [1.29, 1.82) is 0 Å². The summed E-state index contributed by atoms with van der Waals surface area (Å²) in [5.41, 5.74) is 4.52. The second kappa shape index (κ2) is 10.7. The summed E-state index contributed by atoms with van der Waals surface area (Å²) in [5.74, 6) is 1.24. The molecule has 0 saturated carbocycles. The van der Waals surface area contributed by atoms with Crippen LogP contribution in [0.2, 0.25) is 0 Å².